The van der Waals surface area contributed by atoms with E-state index in [1.54, 1.807) is 29.6 Å². The molecule has 0 aliphatic carbocycles. The van der Waals surface area contributed by atoms with E-state index in [0.717, 1.165) is 28.2 Å². The van der Waals surface area contributed by atoms with Crippen LogP contribution >= 0.6 is 11.3 Å². The average Bonchev–Trinajstić information content (AvgIpc) is 3.28. The van der Waals surface area contributed by atoms with Crippen LogP contribution in [0.4, 0.5) is 9.52 Å². The second-order valence-corrected chi connectivity index (χ2v) is 11.5. The predicted molar refractivity (Wildman–Crippen MR) is 143 cm³/mol. The number of anilines is 1. The molecular weight excluding hydrogens is 503 g/mol. The molecular formula is C24H29FN6O3S2. The molecule has 3 heterocycles. The molecule has 36 heavy (non-hydrogen) atoms. The lowest BCUT2D eigenvalue weighted by atomic mass is 10.1. The number of nitrogens with one attached hydrogen (secondary N) is 1. The first-order valence-electron chi connectivity index (χ1n) is 11.7. The lowest BCUT2D eigenvalue weighted by molar-refractivity contribution is 0.327. The average molecular weight is 533 g/mol. The first-order chi connectivity index (χ1) is 17.4. The van der Waals surface area contributed by atoms with Crippen LogP contribution in [0.5, 0.6) is 11.5 Å². The van der Waals surface area contributed by atoms with Crippen molar-refractivity contribution >= 4 is 48.5 Å². The van der Waals surface area contributed by atoms with Crippen molar-refractivity contribution in [2.75, 3.05) is 37.4 Å². The number of benzene rings is 1. The molecule has 1 aliphatic rings. The number of aromatic nitrogens is 2. The fourth-order valence-corrected chi connectivity index (χ4v) is 6.03. The summed E-state index contributed by atoms with van der Waals surface area (Å²) in [6.07, 6.45) is 6.18. The summed E-state index contributed by atoms with van der Waals surface area (Å²) in [4.78, 5) is 12.9. The van der Waals surface area contributed by atoms with Crippen LogP contribution in [0.25, 0.3) is 15.8 Å². The summed E-state index contributed by atoms with van der Waals surface area (Å²) in [6, 6.07) is 9.13. The van der Waals surface area contributed by atoms with Gasteiger partial charge in [-0.3, -0.25) is 9.98 Å². The van der Waals surface area contributed by atoms with Crippen molar-refractivity contribution < 1.29 is 17.5 Å². The fraction of sp³-hybridized carbons (Fsp3) is 0.375. The SMILES string of the molecule is CCS(=O)(=O)N1CCC[C@H](Nc2nc3ccc(Oc4ccnc(C(C=NCCF)=CN)c4)cc3s2)C1. The highest BCUT2D eigenvalue weighted by Gasteiger charge is 2.28. The summed E-state index contributed by atoms with van der Waals surface area (Å²) >= 11 is 1.50. The van der Waals surface area contributed by atoms with Crippen LogP contribution in [0.3, 0.4) is 0 Å². The van der Waals surface area contributed by atoms with Crippen molar-refractivity contribution in [3.8, 4) is 11.5 Å². The highest BCUT2D eigenvalue weighted by Crippen LogP contribution is 2.32. The van der Waals surface area contributed by atoms with Gasteiger partial charge in [-0.2, -0.15) is 4.31 Å². The Kier molecular flexibility index (Phi) is 8.49. The molecule has 1 atom stereocenters. The summed E-state index contributed by atoms with van der Waals surface area (Å²) in [6.45, 7) is 2.21. The van der Waals surface area contributed by atoms with Gasteiger partial charge in [0.15, 0.2) is 5.13 Å². The van der Waals surface area contributed by atoms with Gasteiger partial charge >= 0.3 is 0 Å². The molecule has 0 radical (unpaired) electrons. The number of thiazole rings is 1. The smallest absolute Gasteiger partial charge is 0.213 e. The topological polar surface area (TPSA) is 123 Å². The van der Waals surface area contributed by atoms with Crippen molar-refractivity contribution in [3.05, 3.63) is 48.4 Å². The number of rotatable bonds is 10. The molecule has 1 aliphatic heterocycles. The van der Waals surface area contributed by atoms with Crippen LogP contribution in [0.1, 0.15) is 25.5 Å². The van der Waals surface area contributed by atoms with Gasteiger partial charge < -0.3 is 15.8 Å². The van der Waals surface area contributed by atoms with E-state index in [-0.39, 0.29) is 18.3 Å². The maximum atomic E-state index is 12.3. The molecule has 1 saturated heterocycles. The number of ether oxygens (including phenoxy) is 1. The van der Waals surface area contributed by atoms with Gasteiger partial charge in [0, 0.05) is 55.4 Å². The Morgan fingerprint density at radius 3 is 2.97 bits per heavy atom. The van der Waals surface area contributed by atoms with Crippen LogP contribution < -0.4 is 15.8 Å². The maximum Gasteiger partial charge on any atom is 0.213 e. The van der Waals surface area contributed by atoms with Gasteiger partial charge in [0.2, 0.25) is 10.0 Å². The summed E-state index contributed by atoms with van der Waals surface area (Å²) in [5, 5.41) is 4.16. The molecule has 1 fully saturated rings. The third-order valence-electron chi connectivity index (χ3n) is 5.72. The number of sulfonamides is 1. The highest BCUT2D eigenvalue weighted by atomic mass is 32.2. The Labute approximate surface area is 214 Å². The molecule has 3 N–H and O–H groups in total. The van der Waals surface area contributed by atoms with E-state index < -0.39 is 16.7 Å². The van der Waals surface area contributed by atoms with Crippen molar-refractivity contribution in [1.82, 2.24) is 14.3 Å². The number of nitrogens with zero attached hydrogens (tertiary/aromatic N) is 4. The molecule has 0 spiro atoms. The number of allylic oxidation sites excluding steroid dienone is 1. The first-order valence-corrected chi connectivity index (χ1v) is 14.1. The highest BCUT2D eigenvalue weighted by molar-refractivity contribution is 7.89. The van der Waals surface area contributed by atoms with Gasteiger partial charge in [0.05, 0.1) is 28.2 Å². The van der Waals surface area contributed by atoms with Crippen molar-refractivity contribution in [2.45, 2.75) is 25.8 Å². The number of piperidine rings is 1. The van der Waals surface area contributed by atoms with E-state index in [4.69, 9.17) is 10.5 Å². The van der Waals surface area contributed by atoms with E-state index >= 15 is 0 Å². The van der Waals surface area contributed by atoms with E-state index in [9.17, 15) is 12.8 Å². The number of hydrogen-bond donors (Lipinski definition) is 2. The van der Waals surface area contributed by atoms with Crippen LogP contribution in [-0.2, 0) is 10.0 Å². The molecule has 2 aromatic heterocycles. The van der Waals surface area contributed by atoms with Crippen molar-refractivity contribution in [3.63, 3.8) is 0 Å². The third kappa shape index (κ3) is 6.37. The van der Waals surface area contributed by atoms with Crippen molar-refractivity contribution in [1.29, 1.82) is 0 Å². The molecule has 0 bridgehead atoms. The Hall–Kier alpha value is -3.09. The molecule has 4 rings (SSSR count). The van der Waals surface area contributed by atoms with Crippen molar-refractivity contribution in [2.24, 2.45) is 10.7 Å². The minimum absolute atomic E-state index is 0.0184. The predicted octanol–water partition coefficient (Wildman–Crippen LogP) is 4.05. The molecule has 0 unspecified atom stereocenters. The van der Waals surface area contributed by atoms with Crippen LogP contribution in [0.2, 0.25) is 0 Å². The van der Waals surface area contributed by atoms with Gasteiger partial charge in [-0.25, -0.2) is 17.8 Å². The Morgan fingerprint density at radius 2 is 2.19 bits per heavy atom. The number of halogens is 1. The Morgan fingerprint density at radius 1 is 1.36 bits per heavy atom. The van der Waals surface area contributed by atoms with Crippen LogP contribution in [0, 0.1) is 0 Å². The second kappa shape index (κ2) is 11.8. The minimum atomic E-state index is -3.20. The number of alkyl halides is 1. The van der Waals surface area contributed by atoms with Gasteiger partial charge in [0.25, 0.3) is 0 Å². The largest absolute Gasteiger partial charge is 0.457 e. The van der Waals surface area contributed by atoms with E-state index in [1.807, 2.05) is 18.2 Å². The molecule has 3 aromatic rings. The van der Waals surface area contributed by atoms with E-state index in [2.05, 4.69) is 20.3 Å². The maximum absolute atomic E-state index is 12.3. The Bertz CT molecular complexity index is 1360. The normalized spacial score (nSPS) is 17.6. The van der Waals surface area contributed by atoms with Gasteiger partial charge in [-0.15, -0.1) is 0 Å². The Balaban J connectivity index is 1.46. The number of hydrogen-bond acceptors (Lipinski definition) is 9. The summed E-state index contributed by atoms with van der Waals surface area (Å²) in [5.41, 5.74) is 7.65. The zero-order valence-corrected chi connectivity index (χ0v) is 21.6. The first kappa shape index (κ1) is 26.0. The zero-order chi connectivity index (χ0) is 25.5. The van der Waals surface area contributed by atoms with E-state index in [0.29, 0.717) is 35.9 Å². The monoisotopic (exact) mass is 532 g/mol. The summed E-state index contributed by atoms with van der Waals surface area (Å²) < 4.78 is 45.4. The molecule has 12 heteroatoms. The zero-order valence-electron chi connectivity index (χ0n) is 19.9. The molecule has 9 nitrogen and oxygen atoms in total. The molecule has 0 saturated carbocycles. The van der Waals surface area contributed by atoms with Crippen LogP contribution in [-0.4, -0.2) is 67.0 Å². The van der Waals surface area contributed by atoms with Gasteiger partial charge in [-0.05, 0) is 38.0 Å². The standard InChI is InChI=1S/C24H29FN6O3S2/c1-2-36(32,33)31-11-3-4-18(16-31)29-24-30-21-6-5-19(13-23(21)35-24)34-20-7-9-28-22(12-20)17(14-26)15-27-10-8-25/h5-7,9,12-15,18H,2-4,8,10-11,16,26H2,1H3,(H,29,30)/t18-/m0/s1. The minimum Gasteiger partial charge on any atom is -0.457 e. The summed E-state index contributed by atoms with van der Waals surface area (Å²) in [5.74, 6) is 1.32. The second-order valence-electron chi connectivity index (χ2n) is 8.22. The quantitative estimate of drug-likeness (QED) is 0.378. The number of pyridine rings is 1. The lowest BCUT2D eigenvalue weighted by Crippen LogP contribution is -2.45. The van der Waals surface area contributed by atoms with E-state index in [1.165, 1.54) is 23.8 Å². The number of fused-ring (bicyclic) bond motifs is 1. The third-order valence-corrected chi connectivity index (χ3v) is 8.51. The van der Waals surface area contributed by atoms with Crippen LogP contribution in [0.15, 0.2) is 47.7 Å². The molecule has 0 amide bonds. The van der Waals surface area contributed by atoms with Gasteiger partial charge in [-0.1, -0.05) is 11.3 Å². The van der Waals surface area contributed by atoms with Gasteiger partial charge in [0.1, 0.15) is 18.2 Å². The molecule has 1 aromatic carbocycles. The fourth-order valence-electron chi connectivity index (χ4n) is 3.88. The number of nitrogens with two attached hydrogens (primary N) is 1. The summed E-state index contributed by atoms with van der Waals surface area (Å²) in [7, 11) is -3.20. The molecule has 192 valence electrons. The number of aliphatic imine (C=N–C) groups is 1. The lowest BCUT2D eigenvalue weighted by Gasteiger charge is -2.31.